The first kappa shape index (κ1) is 13.9. The molecule has 0 unspecified atom stereocenters. The van der Waals surface area contributed by atoms with E-state index in [0.29, 0.717) is 12.5 Å². The summed E-state index contributed by atoms with van der Waals surface area (Å²) in [4.78, 5) is 2.37. The van der Waals surface area contributed by atoms with E-state index >= 15 is 0 Å². The fourth-order valence-corrected chi connectivity index (χ4v) is 2.82. The standard InChI is InChI=1S/C10H22N2O3S/c1-2-12-5-3-10(4-6-12)9-11-16(14,15)8-7-13/h10-11,13H,2-9H2,1H3. The summed E-state index contributed by atoms with van der Waals surface area (Å²) >= 11 is 0. The number of hydrogen-bond acceptors (Lipinski definition) is 4. The maximum absolute atomic E-state index is 11.3. The zero-order valence-corrected chi connectivity index (χ0v) is 10.7. The number of nitrogens with zero attached hydrogens (tertiary/aromatic N) is 1. The van der Waals surface area contributed by atoms with E-state index in [9.17, 15) is 8.42 Å². The van der Waals surface area contributed by atoms with Gasteiger partial charge in [-0.15, -0.1) is 0 Å². The largest absolute Gasteiger partial charge is 0.395 e. The van der Waals surface area contributed by atoms with Gasteiger partial charge in [0, 0.05) is 6.54 Å². The van der Waals surface area contributed by atoms with E-state index in [1.165, 1.54) is 0 Å². The molecule has 0 saturated carbocycles. The lowest BCUT2D eigenvalue weighted by molar-refractivity contribution is 0.193. The van der Waals surface area contributed by atoms with Gasteiger partial charge in [-0.1, -0.05) is 6.92 Å². The molecular formula is C10H22N2O3S. The quantitative estimate of drug-likeness (QED) is 0.675. The number of nitrogens with one attached hydrogen (secondary N) is 1. The second-order valence-corrected chi connectivity index (χ2v) is 6.19. The predicted octanol–water partition coefficient (Wildman–Crippen LogP) is -0.370. The summed E-state index contributed by atoms with van der Waals surface area (Å²) < 4.78 is 25.2. The first-order chi connectivity index (χ1) is 7.57. The van der Waals surface area contributed by atoms with Gasteiger partial charge in [0.05, 0.1) is 12.4 Å². The fraction of sp³-hybridized carbons (Fsp3) is 1.00. The first-order valence-corrected chi connectivity index (χ1v) is 7.53. The van der Waals surface area contributed by atoms with Gasteiger partial charge in [-0.2, -0.15) is 0 Å². The molecule has 6 heteroatoms. The topological polar surface area (TPSA) is 69.6 Å². The first-order valence-electron chi connectivity index (χ1n) is 5.88. The van der Waals surface area contributed by atoms with Crippen LogP contribution in [0, 0.1) is 5.92 Å². The highest BCUT2D eigenvalue weighted by molar-refractivity contribution is 7.89. The molecule has 0 aromatic heterocycles. The number of aliphatic hydroxyl groups is 1. The molecule has 1 fully saturated rings. The van der Waals surface area contributed by atoms with Crippen molar-refractivity contribution in [2.24, 2.45) is 5.92 Å². The zero-order chi connectivity index (χ0) is 12.0. The summed E-state index contributed by atoms with van der Waals surface area (Å²) in [6.07, 6.45) is 2.10. The third-order valence-electron chi connectivity index (χ3n) is 3.11. The molecule has 16 heavy (non-hydrogen) atoms. The van der Waals surface area contributed by atoms with E-state index in [-0.39, 0.29) is 12.4 Å². The second-order valence-electron chi connectivity index (χ2n) is 4.27. The molecule has 0 bridgehead atoms. The Hall–Kier alpha value is -0.170. The van der Waals surface area contributed by atoms with Crippen molar-refractivity contribution in [3.63, 3.8) is 0 Å². The number of likely N-dealkylation sites (tertiary alicyclic amines) is 1. The summed E-state index contributed by atoms with van der Waals surface area (Å²) in [7, 11) is -3.26. The normalized spacial score (nSPS) is 20.1. The molecule has 1 aliphatic heterocycles. The Kier molecular flexibility index (Phi) is 5.68. The maximum Gasteiger partial charge on any atom is 0.213 e. The Morgan fingerprint density at radius 2 is 2.00 bits per heavy atom. The molecule has 0 amide bonds. The van der Waals surface area contributed by atoms with Gasteiger partial charge in [0.1, 0.15) is 0 Å². The Labute approximate surface area is 97.9 Å². The minimum absolute atomic E-state index is 0.194. The fourth-order valence-electron chi connectivity index (χ4n) is 1.94. The van der Waals surface area contributed by atoms with Gasteiger partial charge in [-0.05, 0) is 38.4 Å². The summed E-state index contributed by atoms with van der Waals surface area (Å²) in [6.45, 7) is 5.53. The van der Waals surface area contributed by atoms with Crippen LogP contribution in [-0.2, 0) is 10.0 Å². The molecule has 2 N–H and O–H groups in total. The summed E-state index contributed by atoms with van der Waals surface area (Å²) in [6, 6.07) is 0. The van der Waals surface area contributed by atoms with E-state index in [1.54, 1.807) is 0 Å². The molecule has 1 rings (SSSR count). The second kappa shape index (κ2) is 6.54. The summed E-state index contributed by atoms with van der Waals surface area (Å²) in [5.41, 5.74) is 0. The van der Waals surface area contributed by atoms with E-state index in [1.807, 2.05) is 0 Å². The van der Waals surface area contributed by atoms with Gasteiger partial charge < -0.3 is 10.0 Å². The molecule has 1 saturated heterocycles. The van der Waals surface area contributed by atoms with Crippen LogP contribution in [0.5, 0.6) is 0 Å². The lowest BCUT2D eigenvalue weighted by atomic mass is 9.97. The number of aliphatic hydroxyl groups excluding tert-OH is 1. The molecule has 1 heterocycles. The van der Waals surface area contributed by atoms with Crippen LogP contribution < -0.4 is 4.72 Å². The van der Waals surface area contributed by atoms with Crippen molar-refractivity contribution in [3.8, 4) is 0 Å². The third-order valence-corrected chi connectivity index (χ3v) is 4.43. The van der Waals surface area contributed by atoms with Crippen LogP contribution in [0.15, 0.2) is 0 Å². The van der Waals surface area contributed by atoms with Crippen molar-refractivity contribution in [1.29, 1.82) is 0 Å². The molecular weight excluding hydrogens is 228 g/mol. The van der Waals surface area contributed by atoms with Crippen molar-refractivity contribution < 1.29 is 13.5 Å². The Morgan fingerprint density at radius 3 is 2.50 bits per heavy atom. The highest BCUT2D eigenvalue weighted by atomic mass is 32.2. The number of rotatable bonds is 6. The summed E-state index contributed by atoms with van der Waals surface area (Å²) in [5.74, 6) is 0.247. The van der Waals surface area contributed by atoms with E-state index < -0.39 is 10.0 Å². The molecule has 0 aromatic carbocycles. The van der Waals surface area contributed by atoms with Gasteiger partial charge in [0.15, 0.2) is 0 Å². The minimum atomic E-state index is -3.26. The van der Waals surface area contributed by atoms with Crippen molar-refractivity contribution >= 4 is 10.0 Å². The van der Waals surface area contributed by atoms with Crippen LogP contribution in [0.2, 0.25) is 0 Å². The number of hydrogen-bond donors (Lipinski definition) is 2. The van der Waals surface area contributed by atoms with E-state index in [0.717, 1.165) is 32.5 Å². The monoisotopic (exact) mass is 250 g/mol. The van der Waals surface area contributed by atoms with Crippen LogP contribution in [-0.4, -0.2) is 57.0 Å². The van der Waals surface area contributed by atoms with Crippen molar-refractivity contribution in [2.75, 3.05) is 38.5 Å². The van der Waals surface area contributed by atoms with Gasteiger partial charge >= 0.3 is 0 Å². The van der Waals surface area contributed by atoms with Crippen molar-refractivity contribution in [3.05, 3.63) is 0 Å². The van der Waals surface area contributed by atoms with Crippen molar-refractivity contribution in [2.45, 2.75) is 19.8 Å². The molecule has 5 nitrogen and oxygen atoms in total. The Balaban J connectivity index is 2.24. The minimum Gasteiger partial charge on any atom is -0.395 e. The van der Waals surface area contributed by atoms with Gasteiger partial charge in [-0.25, -0.2) is 13.1 Å². The third kappa shape index (κ3) is 4.78. The highest BCUT2D eigenvalue weighted by Crippen LogP contribution is 2.15. The Morgan fingerprint density at radius 1 is 1.38 bits per heavy atom. The maximum atomic E-state index is 11.3. The molecule has 1 aliphatic rings. The predicted molar refractivity (Wildman–Crippen MR) is 63.7 cm³/mol. The molecule has 96 valence electrons. The van der Waals surface area contributed by atoms with Crippen LogP contribution in [0.3, 0.4) is 0 Å². The number of piperidine rings is 1. The van der Waals surface area contributed by atoms with Crippen LogP contribution in [0.4, 0.5) is 0 Å². The molecule has 0 aliphatic carbocycles. The molecule has 0 aromatic rings. The van der Waals surface area contributed by atoms with Gasteiger partial charge in [-0.3, -0.25) is 0 Å². The van der Waals surface area contributed by atoms with Crippen LogP contribution in [0.25, 0.3) is 0 Å². The van der Waals surface area contributed by atoms with Crippen LogP contribution in [0.1, 0.15) is 19.8 Å². The van der Waals surface area contributed by atoms with E-state index in [4.69, 9.17) is 5.11 Å². The Bertz CT molecular complexity index is 284. The van der Waals surface area contributed by atoms with Gasteiger partial charge in [0.25, 0.3) is 0 Å². The average molecular weight is 250 g/mol. The molecule has 0 atom stereocenters. The number of sulfonamides is 1. The van der Waals surface area contributed by atoms with Crippen molar-refractivity contribution in [1.82, 2.24) is 9.62 Å². The smallest absolute Gasteiger partial charge is 0.213 e. The molecule has 0 spiro atoms. The van der Waals surface area contributed by atoms with Crippen LogP contribution >= 0.6 is 0 Å². The lowest BCUT2D eigenvalue weighted by Crippen LogP contribution is -2.39. The van der Waals surface area contributed by atoms with Gasteiger partial charge in [0.2, 0.25) is 10.0 Å². The highest BCUT2D eigenvalue weighted by Gasteiger charge is 2.19. The van der Waals surface area contributed by atoms with E-state index in [2.05, 4.69) is 16.5 Å². The molecule has 0 radical (unpaired) electrons. The SMILES string of the molecule is CCN1CCC(CNS(=O)(=O)CCO)CC1. The average Bonchev–Trinajstić information content (AvgIpc) is 2.27. The zero-order valence-electron chi connectivity index (χ0n) is 9.85. The lowest BCUT2D eigenvalue weighted by Gasteiger charge is -2.30. The summed E-state index contributed by atoms with van der Waals surface area (Å²) in [5, 5.41) is 8.58.